The molecule has 0 amide bonds. The molecule has 0 aliphatic rings. The van der Waals surface area contributed by atoms with Crippen LogP contribution in [0.5, 0.6) is 0 Å². The largest absolute Gasteiger partial charge is 1.00 e. The molecule has 0 fully saturated rings. The molecule has 3 aromatic rings. The van der Waals surface area contributed by atoms with Crippen LogP contribution in [0.1, 0.15) is 0 Å². The lowest BCUT2D eigenvalue weighted by atomic mass is 10.2. The summed E-state index contributed by atoms with van der Waals surface area (Å²) in [7, 11) is 0. The molecule has 1 aromatic heterocycles. The van der Waals surface area contributed by atoms with Crippen LogP contribution in [0.15, 0.2) is 72.2 Å². The van der Waals surface area contributed by atoms with Gasteiger partial charge in [0.15, 0.2) is 6.20 Å². The molecule has 1 heterocycles. The summed E-state index contributed by atoms with van der Waals surface area (Å²) < 4.78 is 2.22. The summed E-state index contributed by atoms with van der Waals surface area (Å²) in [6.07, 6.45) is 2.11. The maximum absolute atomic E-state index is 2.22. The molecule has 0 spiro atoms. The van der Waals surface area contributed by atoms with E-state index in [1.807, 2.05) is 12.1 Å². The highest BCUT2D eigenvalue weighted by Gasteiger charge is 2.16. The zero-order valence-corrected chi connectivity index (χ0v) is 12.6. The van der Waals surface area contributed by atoms with E-state index in [0.717, 1.165) is 0 Å². The highest BCUT2D eigenvalue weighted by atomic mass is 127. The van der Waals surface area contributed by atoms with Crippen molar-refractivity contribution in [1.82, 2.24) is 0 Å². The van der Waals surface area contributed by atoms with Crippen LogP contribution in [0.4, 0.5) is 0 Å². The van der Waals surface area contributed by atoms with Gasteiger partial charge in [-0.25, -0.2) is 0 Å². The first-order valence-corrected chi connectivity index (χ1v) is 6.43. The summed E-state index contributed by atoms with van der Waals surface area (Å²) in [5, 5.41) is 3.38. The van der Waals surface area contributed by atoms with Gasteiger partial charge in [-0.3, -0.25) is 0 Å². The fraction of sp³-hybridized carbons (Fsp3) is 0. The fourth-order valence-corrected chi connectivity index (χ4v) is 2.72. The van der Waals surface area contributed by atoms with Crippen molar-refractivity contribution in [3.63, 3.8) is 0 Å². The van der Waals surface area contributed by atoms with E-state index in [2.05, 4.69) is 64.7 Å². The summed E-state index contributed by atoms with van der Waals surface area (Å²) in [4.78, 5) is 0. The highest BCUT2D eigenvalue weighted by Crippen LogP contribution is 2.21. The van der Waals surface area contributed by atoms with Crippen molar-refractivity contribution in [2.45, 2.75) is 0 Å². The lowest BCUT2D eigenvalue weighted by Crippen LogP contribution is -3.00. The van der Waals surface area contributed by atoms with Crippen molar-refractivity contribution in [2.24, 2.45) is 0 Å². The number of rotatable bonds is 2. The van der Waals surface area contributed by atoms with E-state index in [-0.39, 0.29) is 24.0 Å². The van der Waals surface area contributed by atoms with Crippen LogP contribution in [0.3, 0.4) is 0 Å². The molecule has 3 heteroatoms. The van der Waals surface area contributed by atoms with Crippen molar-refractivity contribution < 1.29 is 28.5 Å². The van der Waals surface area contributed by atoms with Crippen LogP contribution in [0.25, 0.3) is 16.3 Å². The number of aromatic nitrogens is 1. The number of hydrogen-bond donors (Lipinski definition) is 0. The molecular weight excluding hydrogens is 353 g/mol. The number of thiazole rings is 1. The predicted octanol–water partition coefficient (Wildman–Crippen LogP) is 0.696. The quantitative estimate of drug-likeness (QED) is 0.465. The summed E-state index contributed by atoms with van der Waals surface area (Å²) in [6, 6.07) is 20.9. The van der Waals surface area contributed by atoms with Crippen LogP contribution in [0.2, 0.25) is 0 Å². The fourth-order valence-electron chi connectivity index (χ4n) is 1.86. The molecule has 0 N–H and O–H groups in total. The van der Waals surface area contributed by atoms with Gasteiger partial charge in [-0.2, -0.15) is 4.57 Å². The van der Waals surface area contributed by atoms with Gasteiger partial charge in [-0.05, 0) is 12.1 Å². The third-order valence-electron chi connectivity index (χ3n) is 2.66. The van der Waals surface area contributed by atoms with Crippen LogP contribution < -0.4 is 28.5 Å². The molecule has 0 atom stereocenters. The van der Waals surface area contributed by atoms with E-state index in [9.17, 15) is 0 Å². The lowest BCUT2D eigenvalue weighted by molar-refractivity contribution is -0.579. The Bertz CT molecular complexity index is 551. The number of benzene rings is 2. The average molecular weight is 365 g/mol. The van der Waals surface area contributed by atoms with Gasteiger partial charge in [0.05, 0.1) is 10.9 Å². The molecule has 0 radical (unpaired) electrons. The Balaban J connectivity index is 0.00000120. The molecule has 0 saturated heterocycles. The topological polar surface area (TPSA) is 3.88 Å². The van der Waals surface area contributed by atoms with Crippen molar-refractivity contribution in [3.05, 3.63) is 72.2 Å². The Morgan fingerprint density at radius 3 is 2.06 bits per heavy atom. The zero-order chi connectivity index (χ0) is 11.5. The van der Waals surface area contributed by atoms with Crippen molar-refractivity contribution in [2.75, 3.05) is 0 Å². The zero-order valence-electron chi connectivity index (χ0n) is 9.66. The maximum Gasteiger partial charge on any atom is 0.274 e. The van der Waals surface area contributed by atoms with Crippen LogP contribution in [0, 0.1) is 0 Å². The smallest absolute Gasteiger partial charge is 0.274 e. The normalized spacial score (nSPS) is 9.78. The predicted molar refractivity (Wildman–Crippen MR) is 71.3 cm³/mol. The Labute approximate surface area is 128 Å². The highest BCUT2D eigenvalue weighted by molar-refractivity contribution is 7.12. The molecule has 0 saturated carbocycles. The molecule has 90 valence electrons. The molecule has 0 aliphatic carbocycles. The van der Waals surface area contributed by atoms with Crippen molar-refractivity contribution >= 4 is 11.3 Å². The molecule has 0 aliphatic heterocycles. The van der Waals surface area contributed by atoms with Crippen molar-refractivity contribution in [1.29, 1.82) is 0 Å². The van der Waals surface area contributed by atoms with E-state index in [1.54, 1.807) is 11.3 Å². The Hall–Kier alpha value is -1.20. The molecule has 1 nitrogen and oxygen atoms in total. The Morgan fingerprint density at radius 2 is 1.39 bits per heavy atom. The SMILES string of the molecule is [I-].c1ccc(-c2scc[n+]2-c2ccccc2)cc1. The van der Waals surface area contributed by atoms with Gasteiger partial charge in [-0.1, -0.05) is 47.7 Å². The summed E-state index contributed by atoms with van der Waals surface area (Å²) in [5.74, 6) is 0. The summed E-state index contributed by atoms with van der Waals surface area (Å²) in [6.45, 7) is 0. The first-order chi connectivity index (χ1) is 8.45. The van der Waals surface area contributed by atoms with Gasteiger partial charge >= 0.3 is 0 Å². The third-order valence-corrected chi connectivity index (χ3v) is 3.58. The van der Waals surface area contributed by atoms with E-state index in [4.69, 9.17) is 0 Å². The summed E-state index contributed by atoms with van der Waals surface area (Å²) >= 11 is 1.76. The van der Waals surface area contributed by atoms with Gasteiger partial charge in [-0.15, -0.1) is 0 Å². The van der Waals surface area contributed by atoms with Gasteiger partial charge in [0, 0.05) is 12.1 Å². The van der Waals surface area contributed by atoms with Gasteiger partial charge in [0.25, 0.3) is 5.01 Å². The molecule has 2 aromatic carbocycles. The number of halogens is 1. The third kappa shape index (κ3) is 2.62. The number of nitrogens with zero attached hydrogens (tertiary/aromatic N) is 1. The lowest BCUT2D eigenvalue weighted by Gasteiger charge is -1.97. The van der Waals surface area contributed by atoms with Crippen molar-refractivity contribution in [3.8, 4) is 16.3 Å². The van der Waals surface area contributed by atoms with Gasteiger partial charge in [0.1, 0.15) is 0 Å². The summed E-state index contributed by atoms with van der Waals surface area (Å²) in [5.41, 5.74) is 2.46. The minimum absolute atomic E-state index is 0. The van der Waals surface area contributed by atoms with E-state index >= 15 is 0 Å². The Morgan fingerprint density at radius 1 is 0.778 bits per heavy atom. The molecule has 0 unspecified atom stereocenters. The average Bonchev–Trinajstić information content (AvgIpc) is 2.90. The Kier molecular flexibility index (Phi) is 4.49. The second-order valence-corrected chi connectivity index (χ2v) is 4.67. The second-order valence-electron chi connectivity index (χ2n) is 3.78. The number of hydrogen-bond acceptors (Lipinski definition) is 1. The first kappa shape index (κ1) is 13.2. The van der Waals surface area contributed by atoms with Crippen LogP contribution in [-0.2, 0) is 0 Å². The minimum atomic E-state index is 0. The van der Waals surface area contributed by atoms with E-state index in [1.165, 1.54) is 16.3 Å². The molecular formula is C15H12INS. The number of para-hydroxylation sites is 1. The van der Waals surface area contributed by atoms with Gasteiger partial charge in [0.2, 0.25) is 5.69 Å². The monoisotopic (exact) mass is 365 g/mol. The molecule has 18 heavy (non-hydrogen) atoms. The second kappa shape index (κ2) is 6.11. The van der Waals surface area contributed by atoms with E-state index in [0.29, 0.717) is 0 Å². The standard InChI is InChI=1S/C15H12NS.HI/c1-3-7-13(8-4-1)15-16(11-12-17-15)14-9-5-2-6-10-14;/h1-12H;1H/q+1;/p-1. The maximum atomic E-state index is 2.22. The molecule has 0 bridgehead atoms. The van der Waals surface area contributed by atoms with Crippen LogP contribution in [-0.4, -0.2) is 0 Å². The van der Waals surface area contributed by atoms with E-state index < -0.39 is 0 Å². The molecule has 3 rings (SSSR count). The minimum Gasteiger partial charge on any atom is -1.00 e. The van der Waals surface area contributed by atoms with Gasteiger partial charge < -0.3 is 24.0 Å². The van der Waals surface area contributed by atoms with Crippen LogP contribution >= 0.6 is 11.3 Å². The first-order valence-electron chi connectivity index (χ1n) is 5.55.